The number of aliphatic hydroxyl groups excluding tert-OH is 3. The van der Waals surface area contributed by atoms with Crippen LogP contribution in [-0.4, -0.2) is 62.2 Å². The van der Waals surface area contributed by atoms with E-state index in [1.165, 1.54) is 18.6 Å². The Morgan fingerprint density at radius 1 is 1.33 bits per heavy atom. The van der Waals surface area contributed by atoms with Gasteiger partial charge in [-0.1, -0.05) is 0 Å². The Morgan fingerprint density at radius 3 is 2.76 bits per heavy atom. The molecule has 0 amide bonds. The van der Waals surface area contributed by atoms with E-state index in [9.17, 15) is 15.0 Å². The quantitative estimate of drug-likeness (QED) is 0.382. The lowest BCUT2D eigenvalue weighted by atomic mass is 10.1. The number of allylic oxidation sites excluding steroid dienone is 1. The molecule has 0 spiro atoms. The van der Waals surface area contributed by atoms with E-state index < -0.39 is 31.1 Å². The smallest absolute Gasteiger partial charge is 0.249 e. The molecule has 0 radical (unpaired) electrons. The van der Waals surface area contributed by atoms with E-state index in [4.69, 9.17) is 15.6 Å². The highest BCUT2D eigenvalue weighted by molar-refractivity contribution is 6.10. The van der Waals surface area contributed by atoms with Gasteiger partial charge >= 0.3 is 0 Å². The third-order valence-electron chi connectivity index (χ3n) is 3.66. The van der Waals surface area contributed by atoms with E-state index in [0.29, 0.717) is 4.90 Å². The van der Waals surface area contributed by atoms with Crippen molar-refractivity contribution in [1.82, 2.24) is 9.97 Å². The van der Waals surface area contributed by atoms with E-state index in [0.717, 1.165) is 0 Å². The largest absolute Gasteiger partial charge is 0.394 e. The highest BCUT2D eigenvalue weighted by Crippen LogP contribution is 2.22. The molecule has 112 valence electrons. The maximum Gasteiger partial charge on any atom is 0.249 e. The molecule has 0 saturated carbocycles. The van der Waals surface area contributed by atoms with Crippen LogP contribution in [0.1, 0.15) is 10.4 Å². The number of nitrogens with zero attached hydrogens (tertiary/aromatic N) is 2. The Bertz CT molecular complexity index is 607. The van der Waals surface area contributed by atoms with Gasteiger partial charge in [-0.25, -0.2) is 9.88 Å². The zero-order valence-electron chi connectivity index (χ0n) is 10.9. The normalized spacial score (nSPS) is 35.0. The zero-order chi connectivity index (χ0) is 15.1. The Balaban J connectivity index is 2.00. The van der Waals surface area contributed by atoms with Crippen LogP contribution < -0.4 is 10.6 Å². The second kappa shape index (κ2) is 5.13. The molecule has 0 aromatic carbocycles. The molecule has 1 saturated heterocycles. The number of aliphatic hydroxyl groups is 3. The van der Waals surface area contributed by atoms with Gasteiger partial charge in [0, 0.05) is 6.08 Å². The summed E-state index contributed by atoms with van der Waals surface area (Å²) in [5.74, 6) is -0.0259. The first kappa shape index (κ1) is 14.0. The van der Waals surface area contributed by atoms with Crippen molar-refractivity contribution in [1.29, 1.82) is 0 Å². The van der Waals surface area contributed by atoms with E-state index in [-0.39, 0.29) is 23.0 Å². The lowest BCUT2D eigenvalue weighted by molar-refractivity contribution is -0.841. The number of nitrogens with two attached hydrogens (primary N) is 1. The summed E-state index contributed by atoms with van der Waals surface area (Å²) in [4.78, 5) is 20.1. The first-order chi connectivity index (χ1) is 10.0. The number of hydrogen-bond acceptors (Lipinski definition) is 8. The standard InChI is InChI=1S/C12H14N4O5/c13-10-7-5(18)1-2-16(11(7)15-4-14-10)12-9(20)8(19)6(3-17)21-12/h1-2,4,6,8-9,12,17,19-20H,3H2,(H2,13,14,15)/p+1/t6-,8-,9-,12-/m1/s1. The summed E-state index contributed by atoms with van der Waals surface area (Å²) < 4.78 is 5.46. The molecule has 1 fully saturated rings. The van der Waals surface area contributed by atoms with Crippen LogP contribution in [0.4, 0.5) is 11.6 Å². The molecule has 3 heterocycles. The van der Waals surface area contributed by atoms with Crippen molar-refractivity contribution >= 4 is 17.4 Å². The minimum atomic E-state index is -1.24. The third-order valence-corrected chi connectivity index (χ3v) is 3.66. The van der Waals surface area contributed by atoms with Crippen molar-refractivity contribution < 1.29 is 29.8 Å². The number of quaternary nitrogens is 1. The molecule has 1 unspecified atom stereocenters. The lowest BCUT2D eigenvalue weighted by Crippen LogP contribution is -3.09. The predicted molar refractivity (Wildman–Crippen MR) is 68.3 cm³/mol. The van der Waals surface area contributed by atoms with E-state index >= 15 is 0 Å². The van der Waals surface area contributed by atoms with Crippen LogP contribution in [0.15, 0.2) is 18.6 Å². The number of ether oxygens (including phenoxy) is 1. The molecule has 0 bridgehead atoms. The Hall–Kier alpha value is -1.91. The van der Waals surface area contributed by atoms with Gasteiger partial charge in [0.05, 0.1) is 6.61 Å². The Morgan fingerprint density at radius 2 is 2.10 bits per heavy atom. The highest BCUT2D eigenvalue weighted by Gasteiger charge is 2.50. The summed E-state index contributed by atoms with van der Waals surface area (Å²) >= 11 is 0. The average Bonchev–Trinajstić information content (AvgIpc) is 2.76. The summed E-state index contributed by atoms with van der Waals surface area (Å²) in [6, 6.07) is 0. The predicted octanol–water partition coefficient (Wildman–Crippen LogP) is -3.28. The van der Waals surface area contributed by atoms with Crippen molar-refractivity contribution in [2.45, 2.75) is 24.5 Å². The molecular weight excluding hydrogens is 280 g/mol. The van der Waals surface area contributed by atoms with Crippen LogP contribution in [0.2, 0.25) is 0 Å². The van der Waals surface area contributed by atoms with Gasteiger partial charge in [-0.15, -0.1) is 0 Å². The molecule has 2 aliphatic heterocycles. The summed E-state index contributed by atoms with van der Waals surface area (Å²) in [5.41, 5.74) is 5.84. The molecule has 0 aliphatic carbocycles. The second-order valence-corrected chi connectivity index (χ2v) is 4.89. The van der Waals surface area contributed by atoms with Crippen molar-refractivity contribution in [3.63, 3.8) is 0 Å². The van der Waals surface area contributed by atoms with Crippen LogP contribution in [0.25, 0.3) is 0 Å². The molecular formula is C12H15N4O5+. The number of nitrogen functional groups attached to an aromatic ring is 1. The number of anilines is 1. The van der Waals surface area contributed by atoms with Gasteiger partial charge < -0.3 is 25.8 Å². The van der Waals surface area contributed by atoms with Crippen LogP contribution >= 0.6 is 0 Å². The van der Waals surface area contributed by atoms with Gasteiger partial charge in [0.2, 0.25) is 17.8 Å². The molecule has 6 N–H and O–H groups in total. The number of carbonyl (C=O) groups excluding carboxylic acids is 1. The summed E-state index contributed by atoms with van der Waals surface area (Å²) in [7, 11) is 0. The first-order valence-corrected chi connectivity index (χ1v) is 6.37. The van der Waals surface area contributed by atoms with Crippen LogP contribution in [0.3, 0.4) is 0 Å². The fourth-order valence-electron chi connectivity index (χ4n) is 2.57. The van der Waals surface area contributed by atoms with Gasteiger partial charge in [-0.2, -0.15) is 4.98 Å². The van der Waals surface area contributed by atoms with Crippen LogP contribution in [0, 0.1) is 0 Å². The van der Waals surface area contributed by atoms with Gasteiger partial charge in [0.25, 0.3) is 0 Å². The number of hydrogen-bond donors (Lipinski definition) is 5. The molecule has 1 aromatic heterocycles. The maximum absolute atomic E-state index is 11.9. The van der Waals surface area contributed by atoms with Gasteiger partial charge in [-0.05, 0) is 0 Å². The molecule has 3 rings (SSSR count). The first-order valence-electron chi connectivity index (χ1n) is 6.37. The fourth-order valence-corrected chi connectivity index (χ4v) is 2.57. The Labute approximate surface area is 119 Å². The van der Waals surface area contributed by atoms with E-state index in [2.05, 4.69) is 9.97 Å². The monoisotopic (exact) mass is 295 g/mol. The van der Waals surface area contributed by atoms with E-state index in [1.807, 2.05) is 0 Å². The average molecular weight is 295 g/mol. The maximum atomic E-state index is 11.9. The number of aromatic nitrogens is 2. The van der Waals surface area contributed by atoms with Crippen molar-refractivity contribution in [2.24, 2.45) is 0 Å². The second-order valence-electron chi connectivity index (χ2n) is 4.89. The summed E-state index contributed by atoms with van der Waals surface area (Å²) in [6.07, 6.45) is -0.299. The number of nitrogens with one attached hydrogen (secondary N) is 1. The van der Waals surface area contributed by atoms with Gasteiger partial charge in [-0.3, -0.25) is 4.79 Å². The molecule has 9 nitrogen and oxygen atoms in total. The topological polar surface area (TPSA) is 143 Å². The Kier molecular flexibility index (Phi) is 3.43. The molecule has 21 heavy (non-hydrogen) atoms. The molecule has 2 aliphatic rings. The lowest BCUT2D eigenvalue weighted by Gasteiger charge is -2.25. The number of ketones is 1. The summed E-state index contributed by atoms with van der Waals surface area (Å²) in [6.45, 7) is -0.427. The third kappa shape index (κ3) is 2.11. The van der Waals surface area contributed by atoms with Crippen LogP contribution in [-0.2, 0) is 4.74 Å². The number of fused-ring (bicyclic) bond motifs is 1. The van der Waals surface area contributed by atoms with Crippen molar-refractivity contribution in [3.8, 4) is 0 Å². The highest BCUT2D eigenvalue weighted by atomic mass is 16.6. The SMILES string of the molecule is Nc1ncnc2c1C(=O)C=C[NH+]2[C@@H]1O[C@H](CO)[C@@H](O)[C@H]1O. The van der Waals surface area contributed by atoms with E-state index in [1.54, 1.807) is 0 Å². The number of carbonyl (C=O) groups is 1. The minimum Gasteiger partial charge on any atom is -0.394 e. The molecule has 9 heteroatoms. The molecule has 1 aromatic rings. The van der Waals surface area contributed by atoms with Crippen molar-refractivity contribution in [3.05, 3.63) is 24.2 Å². The fraction of sp³-hybridized carbons (Fsp3) is 0.417. The minimum absolute atomic E-state index is 0.0404. The van der Waals surface area contributed by atoms with Gasteiger partial charge in [0.15, 0.2) is 6.10 Å². The zero-order valence-corrected chi connectivity index (χ0v) is 10.9. The summed E-state index contributed by atoms with van der Waals surface area (Å²) in [5, 5.41) is 29.0. The number of rotatable bonds is 2. The molecule has 5 atom stereocenters. The van der Waals surface area contributed by atoms with Gasteiger partial charge in [0.1, 0.15) is 36.1 Å². The van der Waals surface area contributed by atoms with Crippen molar-refractivity contribution in [2.75, 3.05) is 12.3 Å². The van der Waals surface area contributed by atoms with Crippen LogP contribution in [0.5, 0.6) is 0 Å².